The van der Waals surface area contributed by atoms with Crippen molar-refractivity contribution >= 4 is 17.9 Å². The number of aldehydes is 1. The van der Waals surface area contributed by atoms with E-state index in [0.717, 1.165) is 17.5 Å². The van der Waals surface area contributed by atoms with Crippen LogP contribution in [0.1, 0.15) is 11.3 Å². The summed E-state index contributed by atoms with van der Waals surface area (Å²) >= 11 is 5.68. The Morgan fingerprint density at radius 3 is 2.92 bits per heavy atom. The first-order valence-corrected chi connectivity index (χ1v) is 4.15. The third kappa shape index (κ3) is 2.08. The molecule has 4 heteroatoms. The highest BCUT2D eigenvalue weighted by molar-refractivity contribution is 6.27. The maximum atomic E-state index is 10.3. The number of hydrogen-bond donors (Lipinski definition) is 0. The molecule has 0 spiro atoms. The van der Waals surface area contributed by atoms with Gasteiger partial charge in [0.2, 0.25) is 0 Å². The van der Waals surface area contributed by atoms with Gasteiger partial charge in [-0.25, -0.2) is 0 Å². The summed E-state index contributed by atoms with van der Waals surface area (Å²) < 4.78 is 1.72. The lowest BCUT2D eigenvalue weighted by Crippen LogP contribution is -2.04. The zero-order valence-corrected chi connectivity index (χ0v) is 7.88. The van der Waals surface area contributed by atoms with Gasteiger partial charge in [0, 0.05) is 13.2 Å². The molecule has 66 valence electrons. The monoisotopic (exact) mass is 186 g/mol. The SMILES string of the molecule is Cc1nn(C)cc1CC(Cl)C=O. The Morgan fingerprint density at radius 2 is 2.50 bits per heavy atom. The van der Waals surface area contributed by atoms with Crippen LogP contribution in [0.15, 0.2) is 6.20 Å². The number of hydrogen-bond acceptors (Lipinski definition) is 2. The van der Waals surface area contributed by atoms with Gasteiger partial charge in [-0.05, 0) is 18.9 Å². The lowest BCUT2D eigenvalue weighted by atomic mass is 10.1. The van der Waals surface area contributed by atoms with Gasteiger partial charge in [0.25, 0.3) is 0 Å². The van der Waals surface area contributed by atoms with Crippen LogP contribution in [-0.4, -0.2) is 21.4 Å². The number of nitrogens with zero attached hydrogens (tertiary/aromatic N) is 2. The maximum Gasteiger partial charge on any atom is 0.138 e. The Morgan fingerprint density at radius 1 is 1.83 bits per heavy atom. The van der Waals surface area contributed by atoms with Crippen LogP contribution in [0.2, 0.25) is 0 Å². The van der Waals surface area contributed by atoms with Crippen LogP contribution in [0.3, 0.4) is 0 Å². The third-order valence-electron chi connectivity index (χ3n) is 1.68. The van der Waals surface area contributed by atoms with Crippen molar-refractivity contribution in [2.45, 2.75) is 18.7 Å². The highest BCUT2D eigenvalue weighted by Crippen LogP contribution is 2.09. The maximum absolute atomic E-state index is 10.3. The number of carbonyl (C=O) groups excluding carboxylic acids is 1. The summed E-state index contributed by atoms with van der Waals surface area (Å²) in [5, 5.41) is 3.70. The molecule has 0 aliphatic heterocycles. The molecule has 1 aromatic heterocycles. The van der Waals surface area contributed by atoms with Crippen molar-refractivity contribution < 1.29 is 4.79 Å². The van der Waals surface area contributed by atoms with Gasteiger partial charge >= 0.3 is 0 Å². The Labute approximate surface area is 76.3 Å². The molecule has 12 heavy (non-hydrogen) atoms. The van der Waals surface area contributed by atoms with E-state index in [-0.39, 0.29) is 0 Å². The van der Waals surface area contributed by atoms with Crippen molar-refractivity contribution in [3.63, 3.8) is 0 Å². The molecule has 1 rings (SSSR count). The first-order valence-electron chi connectivity index (χ1n) is 3.72. The van der Waals surface area contributed by atoms with E-state index in [1.165, 1.54) is 0 Å². The molecule has 0 amide bonds. The fourth-order valence-electron chi connectivity index (χ4n) is 1.11. The molecule has 0 saturated carbocycles. The zero-order chi connectivity index (χ0) is 9.14. The van der Waals surface area contributed by atoms with E-state index in [9.17, 15) is 4.79 Å². The lowest BCUT2D eigenvalue weighted by molar-refractivity contribution is -0.107. The predicted molar refractivity (Wildman–Crippen MR) is 47.4 cm³/mol. The lowest BCUT2D eigenvalue weighted by Gasteiger charge is -1.97. The zero-order valence-electron chi connectivity index (χ0n) is 7.12. The molecule has 0 aliphatic carbocycles. The normalized spacial score (nSPS) is 12.9. The summed E-state index contributed by atoms with van der Waals surface area (Å²) in [6, 6.07) is 0. The summed E-state index contributed by atoms with van der Waals surface area (Å²) in [5.74, 6) is 0. The average molecular weight is 187 g/mol. The summed E-state index contributed by atoms with van der Waals surface area (Å²) in [7, 11) is 1.85. The van der Waals surface area contributed by atoms with E-state index in [1.807, 2.05) is 20.2 Å². The highest BCUT2D eigenvalue weighted by atomic mass is 35.5. The molecule has 0 saturated heterocycles. The molecule has 1 aromatic rings. The first-order chi connectivity index (χ1) is 5.63. The quantitative estimate of drug-likeness (QED) is 0.523. The van der Waals surface area contributed by atoms with Gasteiger partial charge in [0.15, 0.2) is 0 Å². The van der Waals surface area contributed by atoms with Gasteiger partial charge in [-0.1, -0.05) is 0 Å². The molecule has 0 radical (unpaired) electrons. The van der Waals surface area contributed by atoms with Gasteiger partial charge < -0.3 is 4.79 Å². The van der Waals surface area contributed by atoms with Crippen molar-refractivity contribution in [2.24, 2.45) is 7.05 Å². The predicted octanol–water partition coefficient (Wildman–Crippen LogP) is 1.08. The molecule has 0 N–H and O–H groups in total. The fraction of sp³-hybridized carbons (Fsp3) is 0.500. The summed E-state index contributed by atoms with van der Waals surface area (Å²) in [4.78, 5) is 10.3. The van der Waals surface area contributed by atoms with Crippen molar-refractivity contribution in [1.29, 1.82) is 0 Å². The van der Waals surface area contributed by atoms with E-state index in [4.69, 9.17) is 11.6 Å². The third-order valence-corrected chi connectivity index (χ3v) is 1.93. The molecular formula is C8H11ClN2O. The minimum Gasteiger partial charge on any atom is -0.302 e. The highest BCUT2D eigenvalue weighted by Gasteiger charge is 2.08. The van der Waals surface area contributed by atoms with E-state index in [1.54, 1.807) is 4.68 Å². The molecule has 1 unspecified atom stereocenters. The first kappa shape index (κ1) is 9.26. The largest absolute Gasteiger partial charge is 0.302 e. The molecule has 1 atom stereocenters. The minimum absolute atomic E-state index is 0.437. The minimum atomic E-state index is -0.437. The van der Waals surface area contributed by atoms with E-state index >= 15 is 0 Å². The van der Waals surface area contributed by atoms with Crippen LogP contribution < -0.4 is 0 Å². The van der Waals surface area contributed by atoms with Crippen molar-refractivity contribution in [1.82, 2.24) is 9.78 Å². The second-order valence-electron chi connectivity index (χ2n) is 2.77. The molecule has 0 aliphatic rings. The molecule has 1 heterocycles. The number of alkyl halides is 1. The van der Waals surface area contributed by atoms with Crippen molar-refractivity contribution in [3.8, 4) is 0 Å². The number of rotatable bonds is 3. The Balaban J connectivity index is 2.74. The topological polar surface area (TPSA) is 34.9 Å². The number of aryl methyl sites for hydroxylation is 2. The molecule has 0 fully saturated rings. The van der Waals surface area contributed by atoms with Crippen molar-refractivity contribution in [3.05, 3.63) is 17.5 Å². The van der Waals surface area contributed by atoms with Crippen LogP contribution in [0.5, 0.6) is 0 Å². The van der Waals surface area contributed by atoms with E-state index in [2.05, 4.69) is 5.10 Å². The van der Waals surface area contributed by atoms with Crippen LogP contribution in [0.25, 0.3) is 0 Å². The van der Waals surface area contributed by atoms with Gasteiger partial charge in [-0.15, -0.1) is 11.6 Å². The Kier molecular flexibility index (Phi) is 2.87. The Bertz CT molecular complexity index is 283. The van der Waals surface area contributed by atoms with Crippen LogP contribution in [0, 0.1) is 6.92 Å². The summed E-state index contributed by atoms with van der Waals surface area (Å²) in [5.41, 5.74) is 1.97. The second-order valence-corrected chi connectivity index (χ2v) is 3.33. The second kappa shape index (κ2) is 3.72. The molecule has 0 aromatic carbocycles. The van der Waals surface area contributed by atoms with Gasteiger partial charge in [0.05, 0.1) is 11.1 Å². The van der Waals surface area contributed by atoms with Gasteiger partial charge in [0.1, 0.15) is 6.29 Å². The van der Waals surface area contributed by atoms with Crippen LogP contribution in [-0.2, 0) is 18.3 Å². The summed E-state index contributed by atoms with van der Waals surface area (Å²) in [6.07, 6.45) is 3.19. The van der Waals surface area contributed by atoms with Crippen molar-refractivity contribution in [2.75, 3.05) is 0 Å². The molecular weight excluding hydrogens is 176 g/mol. The molecule has 3 nitrogen and oxygen atoms in total. The average Bonchev–Trinajstić information content (AvgIpc) is 2.30. The smallest absolute Gasteiger partial charge is 0.138 e. The number of carbonyl (C=O) groups is 1. The number of aromatic nitrogens is 2. The van der Waals surface area contributed by atoms with Crippen LogP contribution >= 0.6 is 11.6 Å². The number of halogens is 1. The van der Waals surface area contributed by atoms with Gasteiger partial charge in [-0.2, -0.15) is 5.10 Å². The Hall–Kier alpha value is -0.830. The standard InChI is InChI=1S/C8H11ClN2O/c1-6-7(3-8(9)5-12)4-11(2)10-6/h4-5,8H,3H2,1-2H3. The van der Waals surface area contributed by atoms with Gasteiger partial charge in [-0.3, -0.25) is 4.68 Å². The molecule has 0 bridgehead atoms. The fourth-order valence-corrected chi connectivity index (χ4v) is 1.27. The summed E-state index contributed by atoms with van der Waals surface area (Å²) in [6.45, 7) is 1.91. The van der Waals surface area contributed by atoms with E-state index < -0.39 is 5.38 Å². The van der Waals surface area contributed by atoms with E-state index in [0.29, 0.717) is 6.42 Å². The van der Waals surface area contributed by atoms with Crippen LogP contribution in [0.4, 0.5) is 0 Å².